The molecule has 0 atom stereocenters. The molecule has 0 unspecified atom stereocenters. The first kappa shape index (κ1) is 13.7. The van der Waals surface area contributed by atoms with Crippen molar-refractivity contribution < 1.29 is 0 Å². The quantitative estimate of drug-likeness (QED) is 0.794. The molecule has 2 aromatic heterocycles. The summed E-state index contributed by atoms with van der Waals surface area (Å²) in [5.41, 5.74) is 3.07. The molecule has 4 heteroatoms. The number of hydrogen-bond acceptors (Lipinski definition) is 4. The molecular formula is C14H20N2S2. The molecule has 0 aromatic carbocycles. The molecule has 0 aliphatic heterocycles. The van der Waals surface area contributed by atoms with E-state index in [1.807, 2.05) is 16.8 Å². The maximum Gasteiger partial charge on any atom is 0.0795 e. The maximum atomic E-state index is 4.32. The van der Waals surface area contributed by atoms with Gasteiger partial charge >= 0.3 is 0 Å². The predicted octanol–water partition coefficient (Wildman–Crippen LogP) is 4.04. The second-order valence-electron chi connectivity index (χ2n) is 5.12. The predicted molar refractivity (Wildman–Crippen MR) is 80.1 cm³/mol. The molecule has 0 N–H and O–H groups in total. The Balaban J connectivity index is 1.87. The summed E-state index contributed by atoms with van der Waals surface area (Å²) in [5.74, 6) is 0.740. The van der Waals surface area contributed by atoms with Gasteiger partial charge in [-0.2, -0.15) is 0 Å². The summed E-state index contributed by atoms with van der Waals surface area (Å²) in [6.07, 6.45) is 1.19. The van der Waals surface area contributed by atoms with Crippen LogP contribution in [0.25, 0.3) is 0 Å². The number of rotatable bonds is 6. The van der Waals surface area contributed by atoms with Crippen LogP contribution in [-0.4, -0.2) is 16.9 Å². The van der Waals surface area contributed by atoms with E-state index in [-0.39, 0.29) is 0 Å². The highest BCUT2D eigenvalue weighted by atomic mass is 32.1. The molecule has 2 rings (SSSR count). The number of thiazole rings is 1. The molecule has 0 radical (unpaired) electrons. The van der Waals surface area contributed by atoms with Gasteiger partial charge in [-0.25, -0.2) is 4.98 Å². The minimum atomic E-state index is 0.740. The van der Waals surface area contributed by atoms with Crippen molar-refractivity contribution in [2.75, 3.05) is 7.05 Å². The molecule has 98 valence electrons. The van der Waals surface area contributed by atoms with E-state index < -0.39 is 0 Å². The zero-order valence-electron chi connectivity index (χ0n) is 11.2. The van der Waals surface area contributed by atoms with Gasteiger partial charge in [-0.05, 0) is 31.5 Å². The molecule has 0 aliphatic rings. The van der Waals surface area contributed by atoms with E-state index in [0.29, 0.717) is 0 Å². The van der Waals surface area contributed by atoms with Crippen LogP contribution >= 0.6 is 22.7 Å². The summed E-state index contributed by atoms with van der Waals surface area (Å²) in [5, 5.41) is 2.12. The Bertz CT molecular complexity index is 460. The third-order valence-corrected chi connectivity index (χ3v) is 4.40. The van der Waals surface area contributed by atoms with Crippen molar-refractivity contribution in [3.8, 4) is 0 Å². The maximum absolute atomic E-state index is 4.32. The third kappa shape index (κ3) is 4.19. The minimum Gasteiger partial charge on any atom is -0.295 e. The van der Waals surface area contributed by atoms with Crippen molar-refractivity contribution in [2.24, 2.45) is 5.92 Å². The molecule has 0 bridgehead atoms. The summed E-state index contributed by atoms with van der Waals surface area (Å²) >= 11 is 3.61. The van der Waals surface area contributed by atoms with Crippen molar-refractivity contribution in [1.29, 1.82) is 0 Å². The topological polar surface area (TPSA) is 16.1 Å². The van der Waals surface area contributed by atoms with Crippen LogP contribution in [0.4, 0.5) is 0 Å². The zero-order valence-corrected chi connectivity index (χ0v) is 12.9. The first-order chi connectivity index (χ1) is 8.63. The second-order valence-corrected chi connectivity index (χ2v) is 7.09. The van der Waals surface area contributed by atoms with E-state index in [0.717, 1.165) is 19.0 Å². The molecule has 0 saturated heterocycles. The van der Waals surface area contributed by atoms with Crippen molar-refractivity contribution in [3.63, 3.8) is 0 Å². The molecule has 0 saturated carbocycles. The van der Waals surface area contributed by atoms with Gasteiger partial charge in [0.2, 0.25) is 0 Å². The molecule has 0 aliphatic carbocycles. The average molecular weight is 280 g/mol. The van der Waals surface area contributed by atoms with Crippen LogP contribution in [0.15, 0.2) is 23.0 Å². The molecule has 2 heterocycles. The van der Waals surface area contributed by atoms with Gasteiger partial charge in [-0.1, -0.05) is 13.8 Å². The van der Waals surface area contributed by atoms with Crippen LogP contribution < -0.4 is 0 Å². The fourth-order valence-corrected chi connectivity index (χ4v) is 3.79. The van der Waals surface area contributed by atoms with E-state index in [2.05, 4.69) is 48.3 Å². The monoisotopic (exact) mass is 280 g/mol. The van der Waals surface area contributed by atoms with E-state index in [1.54, 1.807) is 11.3 Å². The molecule has 0 amide bonds. The summed E-state index contributed by atoms with van der Waals surface area (Å²) in [7, 11) is 2.15. The minimum absolute atomic E-state index is 0.740. The molecule has 2 nitrogen and oxygen atoms in total. The fourth-order valence-electron chi connectivity index (χ4n) is 1.93. The van der Waals surface area contributed by atoms with Crippen molar-refractivity contribution >= 4 is 22.7 Å². The Morgan fingerprint density at radius 3 is 2.67 bits per heavy atom. The van der Waals surface area contributed by atoms with Gasteiger partial charge in [0.1, 0.15) is 0 Å². The van der Waals surface area contributed by atoms with E-state index in [9.17, 15) is 0 Å². The highest BCUT2D eigenvalue weighted by molar-refractivity contribution is 7.12. The molecule has 0 fully saturated rings. The Hall–Kier alpha value is -0.710. The van der Waals surface area contributed by atoms with Crippen LogP contribution in [0.5, 0.6) is 0 Å². The van der Waals surface area contributed by atoms with Gasteiger partial charge in [0.25, 0.3) is 0 Å². The number of nitrogens with zero attached hydrogens (tertiary/aromatic N) is 2. The average Bonchev–Trinajstić information content (AvgIpc) is 2.89. The van der Waals surface area contributed by atoms with Crippen LogP contribution in [-0.2, 0) is 19.5 Å². The van der Waals surface area contributed by atoms with Gasteiger partial charge in [-0.15, -0.1) is 22.7 Å². The van der Waals surface area contributed by atoms with Gasteiger partial charge in [0.05, 0.1) is 11.2 Å². The van der Waals surface area contributed by atoms with E-state index >= 15 is 0 Å². The summed E-state index contributed by atoms with van der Waals surface area (Å²) in [6.45, 7) is 6.49. The van der Waals surface area contributed by atoms with Crippen LogP contribution in [0.2, 0.25) is 0 Å². The standard InChI is InChI=1S/C14H20N2S2/c1-11(2)6-13-4-5-14(18-13)8-16(3)7-12-9-17-10-15-12/h4-5,9-11H,6-8H2,1-3H3. The summed E-state index contributed by atoms with van der Waals surface area (Å²) in [4.78, 5) is 9.59. The molecule has 18 heavy (non-hydrogen) atoms. The SMILES string of the molecule is CC(C)Cc1ccc(CN(C)Cc2cscn2)s1. The van der Waals surface area contributed by atoms with E-state index in [4.69, 9.17) is 0 Å². The Morgan fingerprint density at radius 2 is 2.00 bits per heavy atom. The lowest BCUT2D eigenvalue weighted by Crippen LogP contribution is -2.16. The smallest absolute Gasteiger partial charge is 0.0795 e. The Labute approximate surface area is 117 Å². The van der Waals surface area contributed by atoms with Crippen LogP contribution in [0, 0.1) is 5.92 Å². The second kappa shape index (κ2) is 6.45. The Kier molecular flexibility index (Phi) is 4.92. The lowest BCUT2D eigenvalue weighted by molar-refractivity contribution is 0.318. The number of aromatic nitrogens is 1. The van der Waals surface area contributed by atoms with Crippen molar-refractivity contribution in [3.05, 3.63) is 38.5 Å². The highest BCUT2D eigenvalue weighted by Gasteiger charge is 2.06. The van der Waals surface area contributed by atoms with Gasteiger partial charge < -0.3 is 0 Å². The summed E-state index contributed by atoms with van der Waals surface area (Å²) < 4.78 is 0. The zero-order chi connectivity index (χ0) is 13.0. The van der Waals surface area contributed by atoms with Crippen molar-refractivity contribution in [1.82, 2.24) is 9.88 Å². The number of hydrogen-bond donors (Lipinski definition) is 0. The highest BCUT2D eigenvalue weighted by Crippen LogP contribution is 2.21. The first-order valence-electron chi connectivity index (χ1n) is 6.26. The lowest BCUT2D eigenvalue weighted by Gasteiger charge is -2.13. The molecule has 0 spiro atoms. The van der Waals surface area contributed by atoms with Crippen LogP contribution in [0.3, 0.4) is 0 Å². The molecule has 2 aromatic rings. The van der Waals surface area contributed by atoms with Crippen molar-refractivity contribution in [2.45, 2.75) is 33.4 Å². The summed E-state index contributed by atoms with van der Waals surface area (Å²) in [6, 6.07) is 4.54. The number of thiophene rings is 1. The van der Waals surface area contributed by atoms with Gasteiger partial charge in [0.15, 0.2) is 0 Å². The van der Waals surface area contributed by atoms with Gasteiger partial charge in [0, 0.05) is 28.2 Å². The largest absolute Gasteiger partial charge is 0.295 e. The third-order valence-electron chi connectivity index (χ3n) is 2.67. The van der Waals surface area contributed by atoms with Crippen LogP contribution in [0.1, 0.15) is 29.3 Å². The normalized spacial score (nSPS) is 11.6. The van der Waals surface area contributed by atoms with E-state index in [1.165, 1.54) is 21.9 Å². The lowest BCUT2D eigenvalue weighted by atomic mass is 10.1. The Morgan fingerprint density at radius 1 is 1.22 bits per heavy atom. The molecular weight excluding hydrogens is 260 g/mol. The van der Waals surface area contributed by atoms with Gasteiger partial charge in [-0.3, -0.25) is 4.90 Å². The first-order valence-corrected chi connectivity index (χ1v) is 8.02. The fraction of sp³-hybridized carbons (Fsp3) is 0.500.